The minimum absolute atomic E-state index is 0.174. The maximum absolute atomic E-state index is 13.0. The first-order valence-electron chi connectivity index (χ1n) is 11.7. The van der Waals surface area contributed by atoms with Crippen molar-refractivity contribution in [1.29, 1.82) is 5.26 Å². The van der Waals surface area contributed by atoms with Gasteiger partial charge in [-0.1, -0.05) is 31.0 Å². The lowest BCUT2D eigenvalue weighted by Crippen LogP contribution is -2.33. The Kier molecular flexibility index (Phi) is 8.89. The zero-order valence-electron chi connectivity index (χ0n) is 20.6. The van der Waals surface area contributed by atoms with Gasteiger partial charge in [-0.3, -0.25) is 4.79 Å². The molecule has 1 atom stereocenters. The molecule has 3 amide bonds. The number of phenols is 1. The summed E-state index contributed by atoms with van der Waals surface area (Å²) in [5.74, 6) is 0.137. The molecule has 0 aliphatic carbocycles. The van der Waals surface area contributed by atoms with Gasteiger partial charge in [-0.2, -0.15) is 5.26 Å². The van der Waals surface area contributed by atoms with E-state index in [1.807, 2.05) is 45.0 Å². The van der Waals surface area contributed by atoms with Crippen LogP contribution in [0.3, 0.4) is 0 Å². The van der Waals surface area contributed by atoms with Crippen LogP contribution in [0.2, 0.25) is 0 Å². The molecule has 186 valence electrons. The van der Waals surface area contributed by atoms with Gasteiger partial charge in [0.15, 0.2) is 6.10 Å². The Hall–Kier alpha value is -4.51. The first-order chi connectivity index (χ1) is 17.3. The fourth-order valence-corrected chi connectivity index (χ4v) is 3.57. The normalized spacial score (nSPS) is 11.2. The molecule has 0 saturated heterocycles. The highest BCUT2D eigenvalue weighted by Crippen LogP contribution is 2.28. The smallest absolute Gasteiger partial charge is 0.323 e. The summed E-state index contributed by atoms with van der Waals surface area (Å²) in [5.41, 5.74) is 3.60. The molecule has 0 heterocycles. The van der Waals surface area contributed by atoms with Crippen LogP contribution < -0.4 is 20.7 Å². The summed E-state index contributed by atoms with van der Waals surface area (Å²) in [7, 11) is 0. The van der Waals surface area contributed by atoms with E-state index in [0.717, 1.165) is 24.0 Å². The second-order valence-electron chi connectivity index (χ2n) is 8.51. The number of hydrogen-bond donors (Lipinski definition) is 4. The molecule has 8 heteroatoms. The van der Waals surface area contributed by atoms with Crippen LogP contribution in [-0.2, 0) is 4.79 Å². The lowest BCUT2D eigenvalue weighted by molar-refractivity contribution is -0.123. The van der Waals surface area contributed by atoms with E-state index in [1.165, 1.54) is 12.1 Å². The molecule has 3 aromatic rings. The number of nitrogens with one attached hydrogen (secondary N) is 3. The minimum atomic E-state index is -0.690. The number of ether oxygens (including phenoxy) is 1. The first kappa shape index (κ1) is 26.1. The lowest BCUT2D eigenvalue weighted by atomic mass is 10.1. The number of anilines is 3. The van der Waals surface area contributed by atoms with Crippen LogP contribution in [0.5, 0.6) is 11.5 Å². The van der Waals surface area contributed by atoms with Gasteiger partial charge in [0.2, 0.25) is 0 Å². The van der Waals surface area contributed by atoms with Gasteiger partial charge >= 0.3 is 6.03 Å². The maximum atomic E-state index is 13.0. The molecule has 3 rings (SSSR count). The molecular formula is C28H30N4O4. The van der Waals surface area contributed by atoms with Gasteiger partial charge in [0, 0.05) is 17.4 Å². The summed E-state index contributed by atoms with van der Waals surface area (Å²) in [4.78, 5) is 25.3. The molecule has 36 heavy (non-hydrogen) atoms. The summed E-state index contributed by atoms with van der Waals surface area (Å²) in [6.45, 7) is 5.99. The average Bonchev–Trinajstić information content (AvgIpc) is 2.85. The monoisotopic (exact) mass is 486 g/mol. The molecular weight excluding hydrogens is 456 g/mol. The van der Waals surface area contributed by atoms with Crippen LogP contribution >= 0.6 is 0 Å². The summed E-state index contributed by atoms with van der Waals surface area (Å²) >= 11 is 0. The quantitative estimate of drug-likeness (QED) is 0.272. The van der Waals surface area contributed by atoms with Gasteiger partial charge in [0.1, 0.15) is 11.5 Å². The fraction of sp³-hybridized carbons (Fsp3) is 0.250. The second kappa shape index (κ2) is 12.3. The molecule has 4 N–H and O–H groups in total. The third-order valence-corrected chi connectivity index (χ3v) is 5.50. The number of amides is 3. The van der Waals surface area contributed by atoms with E-state index in [9.17, 15) is 14.7 Å². The van der Waals surface area contributed by atoms with Crippen molar-refractivity contribution in [2.45, 2.75) is 46.1 Å². The third kappa shape index (κ3) is 7.24. The highest BCUT2D eigenvalue weighted by atomic mass is 16.5. The van der Waals surface area contributed by atoms with Gasteiger partial charge < -0.3 is 25.8 Å². The Balaban J connectivity index is 1.64. The topological polar surface area (TPSA) is 123 Å². The molecule has 0 radical (unpaired) electrons. The molecule has 0 saturated carbocycles. The van der Waals surface area contributed by atoms with Gasteiger partial charge in [-0.25, -0.2) is 4.79 Å². The summed E-state index contributed by atoms with van der Waals surface area (Å²) in [6, 6.07) is 18.1. The average molecular weight is 487 g/mol. The van der Waals surface area contributed by atoms with Crippen molar-refractivity contribution in [1.82, 2.24) is 0 Å². The number of aryl methyl sites for hydroxylation is 2. The van der Waals surface area contributed by atoms with Crippen molar-refractivity contribution in [3.05, 3.63) is 77.4 Å². The van der Waals surface area contributed by atoms with Crippen molar-refractivity contribution in [3.63, 3.8) is 0 Å². The molecule has 3 aromatic carbocycles. The number of urea groups is 1. The Morgan fingerprint density at radius 1 is 0.972 bits per heavy atom. The zero-order chi connectivity index (χ0) is 26.1. The van der Waals surface area contributed by atoms with Crippen LogP contribution in [0, 0.1) is 25.2 Å². The fourth-order valence-electron chi connectivity index (χ4n) is 3.57. The zero-order valence-corrected chi connectivity index (χ0v) is 20.6. The van der Waals surface area contributed by atoms with E-state index in [-0.39, 0.29) is 17.3 Å². The van der Waals surface area contributed by atoms with Gasteiger partial charge in [0.05, 0.1) is 17.3 Å². The molecule has 8 nitrogen and oxygen atoms in total. The summed E-state index contributed by atoms with van der Waals surface area (Å²) < 4.78 is 6.06. The van der Waals surface area contributed by atoms with Crippen molar-refractivity contribution in [2.24, 2.45) is 0 Å². The lowest BCUT2D eigenvalue weighted by Gasteiger charge is -2.20. The highest BCUT2D eigenvalue weighted by molar-refractivity contribution is 6.01. The largest absolute Gasteiger partial charge is 0.506 e. The van der Waals surface area contributed by atoms with Crippen molar-refractivity contribution in [3.8, 4) is 17.6 Å². The highest BCUT2D eigenvalue weighted by Gasteiger charge is 2.21. The molecule has 0 aliphatic rings. The van der Waals surface area contributed by atoms with E-state index in [4.69, 9.17) is 10.00 Å². The predicted molar refractivity (Wildman–Crippen MR) is 140 cm³/mol. The number of aromatic hydroxyl groups is 1. The van der Waals surface area contributed by atoms with E-state index in [1.54, 1.807) is 30.3 Å². The number of phenolic OH excluding ortho intramolecular Hbond substituents is 1. The van der Waals surface area contributed by atoms with Crippen molar-refractivity contribution >= 4 is 29.0 Å². The van der Waals surface area contributed by atoms with Crippen molar-refractivity contribution in [2.75, 3.05) is 16.0 Å². The number of carbonyl (C=O) groups is 2. The molecule has 0 spiro atoms. The van der Waals surface area contributed by atoms with E-state index >= 15 is 0 Å². The van der Waals surface area contributed by atoms with Crippen molar-refractivity contribution < 1.29 is 19.4 Å². The number of rotatable bonds is 9. The second-order valence-corrected chi connectivity index (χ2v) is 8.51. The first-order valence-corrected chi connectivity index (χ1v) is 11.7. The molecule has 1 unspecified atom stereocenters. The predicted octanol–water partition coefficient (Wildman–Crippen LogP) is 6.10. The number of benzene rings is 3. The van der Waals surface area contributed by atoms with Crippen LogP contribution in [-0.4, -0.2) is 23.1 Å². The van der Waals surface area contributed by atoms with Gasteiger partial charge in [-0.05, 0) is 74.7 Å². The summed E-state index contributed by atoms with van der Waals surface area (Å²) in [6.07, 6.45) is 1.61. The van der Waals surface area contributed by atoms with Crippen LogP contribution in [0.4, 0.5) is 21.9 Å². The third-order valence-electron chi connectivity index (χ3n) is 5.50. The van der Waals surface area contributed by atoms with Gasteiger partial charge in [0.25, 0.3) is 5.91 Å². The SMILES string of the molecule is CCCCC(Oc1ccc(C)cc1C)C(=O)Nc1ccc(NC(=O)Nc2ccc(C#N)cc2)c(O)c1. The number of nitriles is 1. The van der Waals surface area contributed by atoms with E-state index < -0.39 is 12.1 Å². The minimum Gasteiger partial charge on any atom is -0.506 e. The molecule has 0 bridgehead atoms. The van der Waals surface area contributed by atoms with Gasteiger partial charge in [-0.15, -0.1) is 0 Å². The Morgan fingerprint density at radius 3 is 2.33 bits per heavy atom. The molecule has 0 aliphatic heterocycles. The Labute approximate surface area is 210 Å². The number of hydrogen-bond acceptors (Lipinski definition) is 5. The molecule has 0 aromatic heterocycles. The standard InChI is InChI=1S/C28H30N4O4/c1-4-5-6-26(36-25-14-7-18(2)15-19(25)3)27(34)30-22-12-13-23(24(33)16-22)32-28(35)31-21-10-8-20(17-29)9-11-21/h7-16,26,33H,4-6H2,1-3H3,(H,30,34)(H2,31,32,35). The van der Waals surface area contributed by atoms with E-state index in [0.29, 0.717) is 29.1 Å². The number of nitrogens with zero attached hydrogens (tertiary/aromatic N) is 1. The maximum Gasteiger partial charge on any atom is 0.323 e. The number of carbonyl (C=O) groups excluding carboxylic acids is 2. The Bertz CT molecular complexity index is 1270. The van der Waals surface area contributed by atoms with Crippen LogP contribution in [0.25, 0.3) is 0 Å². The Morgan fingerprint density at radius 2 is 1.69 bits per heavy atom. The van der Waals surface area contributed by atoms with E-state index in [2.05, 4.69) is 16.0 Å². The van der Waals surface area contributed by atoms with Crippen LogP contribution in [0.1, 0.15) is 42.9 Å². The molecule has 0 fully saturated rings. The van der Waals surface area contributed by atoms with Crippen LogP contribution in [0.15, 0.2) is 60.7 Å². The summed E-state index contributed by atoms with van der Waals surface area (Å²) in [5, 5.41) is 27.2. The number of unbranched alkanes of at least 4 members (excludes halogenated alkanes) is 1.